The van der Waals surface area contributed by atoms with Crippen LogP contribution in [0.1, 0.15) is 17.5 Å². The summed E-state index contributed by atoms with van der Waals surface area (Å²) >= 11 is 1.26. The van der Waals surface area contributed by atoms with Crippen molar-refractivity contribution in [2.24, 2.45) is 5.92 Å². The molecule has 3 rings (SSSR count). The van der Waals surface area contributed by atoms with Gasteiger partial charge in [0, 0.05) is 12.3 Å². The Labute approximate surface area is 147 Å². The van der Waals surface area contributed by atoms with Crippen LogP contribution >= 0.6 is 11.8 Å². The van der Waals surface area contributed by atoms with E-state index in [-0.39, 0.29) is 5.12 Å². The summed E-state index contributed by atoms with van der Waals surface area (Å²) in [4.78, 5) is 15.3. The molecule has 24 heavy (non-hydrogen) atoms. The number of hydrogen-bond acceptors (Lipinski definition) is 4. The molecule has 1 aliphatic rings. The van der Waals surface area contributed by atoms with Gasteiger partial charge in [-0.1, -0.05) is 72.4 Å². The first-order valence-electron chi connectivity index (χ1n) is 8.30. The summed E-state index contributed by atoms with van der Waals surface area (Å²) in [5, 5.41) is 11.2. The van der Waals surface area contributed by atoms with E-state index in [1.165, 1.54) is 11.8 Å². The fourth-order valence-electron chi connectivity index (χ4n) is 3.22. The fourth-order valence-corrected chi connectivity index (χ4v) is 4.33. The van der Waals surface area contributed by atoms with Crippen LogP contribution < -0.4 is 0 Å². The van der Waals surface area contributed by atoms with E-state index in [0.717, 1.165) is 25.3 Å². The summed E-state index contributed by atoms with van der Waals surface area (Å²) in [5.74, 6) is 1.27. The summed E-state index contributed by atoms with van der Waals surface area (Å²) in [7, 11) is 2.11. The van der Waals surface area contributed by atoms with Crippen molar-refractivity contribution in [3.63, 3.8) is 0 Å². The number of likely N-dealkylation sites (tertiary alicyclic amines) is 1. The first-order chi connectivity index (χ1) is 11.6. The molecule has 0 spiro atoms. The molecule has 1 atom stereocenters. The van der Waals surface area contributed by atoms with E-state index in [0.29, 0.717) is 17.0 Å². The van der Waals surface area contributed by atoms with E-state index in [4.69, 9.17) is 0 Å². The van der Waals surface area contributed by atoms with Crippen molar-refractivity contribution in [1.29, 1.82) is 0 Å². The van der Waals surface area contributed by atoms with Gasteiger partial charge in [0.1, 0.15) is 0 Å². The number of rotatable bonds is 5. The molecule has 2 aromatic carbocycles. The van der Waals surface area contributed by atoms with Crippen LogP contribution in [0, 0.1) is 5.92 Å². The lowest BCUT2D eigenvalue weighted by Crippen LogP contribution is -2.35. The average Bonchev–Trinajstić information content (AvgIpc) is 3.05. The minimum atomic E-state index is -1.60. The molecule has 0 aliphatic carbocycles. The zero-order valence-electron chi connectivity index (χ0n) is 13.9. The SMILES string of the molecule is CN1CC[C@@H](CSC(=O)C(O)(c2ccccc2)c2ccccc2)C1. The third-order valence-corrected chi connectivity index (χ3v) is 5.81. The molecule has 3 nitrogen and oxygen atoms in total. The van der Waals surface area contributed by atoms with Gasteiger partial charge < -0.3 is 10.0 Å². The number of hydrogen-bond donors (Lipinski definition) is 1. The molecule has 0 amide bonds. The van der Waals surface area contributed by atoms with Gasteiger partial charge in [0.25, 0.3) is 0 Å². The normalized spacial score (nSPS) is 18.7. The summed E-state index contributed by atoms with van der Waals surface area (Å²) in [6.07, 6.45) is 1.12. The van der Waals surface area contributed by atoms with Crippen molar-refractivity contribution in [2.75, 3.05) is 25.9 Å². The Hall–Kier alpha value is -1.62. The highest BCUT2D eigenvalue weighted by Gasteiger charge is 2.40. The lowest BCUT2D eigenvalue weighted by atomic mass is 9.87. The number of thioether (sulfide) groups is 1. The predicted molar refractivity (Wildman–Crippen MR) is 99.0 cm³/mol. The Balaban J connectivity index is 1.83. The van der Waals surface area contributed by atoms with E-state index < -0.39 is 5.60 Å². The first-order valence-corrected chi connectivity index (χ1v) is 9.28. The first kappa shape index (κ1) is 17.2. The molecule has 4 heteroatoms. The second-order valence-corrected chi connectivity index (χ2v) is 7.45. The fraction of sp³-hybridized carbons (Fsp3) is 0.350. The second kappa shape index (κ2) is 7.51. The Kier molecular flexibility index (Phi) is 5.39. The van der Waals surface area contributed by atoms with Gasteiger partial charge in [0.15, 0.2) is 5.60 Å². The number of aliphatic hydroxyl groups is 1. The minimum Gasteiger partial charge on any atom is -0.372 e. The molecule has 0 saturated carbocycles. The maximum Gasteiger partial charge on any atom is 0.229 e. The molecule has 2 aromatic rings. The molecule has 0 bridgehead atoms. The van der Waals surface area contributed by atoms with E-state index in [9.17, 15) is 9.90 Å². The summed E-state index contributed by atoms with van der Waals surface area (Å²) < 4.78 is 0. The molecule has 1 fully saturated rings. The maximum atomic E-state index is 13.0. The lowest BCUT2D eigenvalue weighted by molar-refractivity contribution is -0.124. The van der Waals surface area contributed by atoms with E-state index in [1.807, 2.05) is 60.7 Å². The van der Waals surface area contributed by atoms with Crippen LogP contribution in [0.2, 0.25) is 0 Å². The van der Waals surface area contributed by atoms with Gasteiger partial charge in [-0.05, 0) is 37.1 Å². The molecule has 1 N–H and O–H groups in total. The van der Waals surface area contributed by atoms with Crippen LogP contribution in [-0.2, 0) is 10.4 Å². The maximum absolute atomic E-state index is 13.0. The van der Waals surface area contributed by atoms with Gasteiger partial charge in [-0.2, -0.15) is 0 Å². The molecule has 1 heterocycles. The number of carbonyl (C=O) groups excluding carboxylic acids is 1. The van der Waals surface area contributed by atoms with Crippen molar-refractivity contribution in [1.82, 2.24) is 4.90 Å². The van der Waals surface area contributed by atoms with E-state index in [2.05, 4.69) is 11.9 Å². The minimum absolute atomic E-state index is 0.200. The van der Waals surface area contributed by atoms with Crippen molar-refractivity contribution in [2.45, 2.75) is 12.0 Å². The van der Waals surface area contributed by atoms with Gasteiger partial charge in [-0.15, -0.1) is 0 Å². The van der Waals surface area contributed by atoms with Crippen molar-refractivity contribution in [3.05, 3.63) is 71.8 Å². The zero-order valence-corrected chi connectivity index (χ0v) is 14.7. The third-order valence-electron chi connectivity index (χ3n) is 4.62. The molecule has 0 aromatic heterocycles. The Morgan fingerprint density at radius 2 is 1.67 bits per heavy atom. The molecule has 1 aliphatic heterocycles. The average molecular weight is 341 g/mol. The number of benzene rings is 2. The molecular formula is C20H23NO2S. The Bertz CT molecular complexity index is 635. The van der Waals surface area contributed by atoms with Gasteiger partial charge in [0.2, 0.25) is 5.12 Å². The summed E-state index contributed by atoms with van der Waals surface area (Å²) in [6, 6.07) is 18.5. The van der Waals surface area contributed by atoms with Crippen LogP contribution in [0.25, 0.3) is 0 Å². The van der Waals surface area contributed by atoms with Crippen LogP contribution in [0.15, 0.2) is 60.7 Å². The number of nitrogens with zero attached hydrogens (tertiary/aromatic N) is 1. The predicted octanol–water partition coefficient (Wildman–Crippen LogP) is 3.13. The highest BCUT2D eigenvalue weighted by molar-refractivity contribution is 8.13. The van der Waals surface area contributed by atoms with Gasteiger partial charge in [-0.3, -0.25) is 4.79 Å². The van der Waals surface area contributed by atoms with Crippen molar-refractivity contribution in [3.8, 4) is 0 Å². The van der Waals surface area contributed by atoms with Gasteiger partial charge >= 0.3 is 0 Å². The Morgan fingerprint density at radius 1 is 1.12 bits per heavy atom. The third kappa shape index (κ3) is 3.56. The lowest BCUT2D eigenvalue weighted by Gasteiger charge is -2.27. The van der Waals surface area contributed by atoms with Crippen molar-refractivity contribution >= 4 is 16.9 Å². The summed E-state index contributed by atoms with van der Waals surface area (Å²) in [6.45, 7) is 2.11. The quantitative estimate of drug-likeness (QED) is 0.907. The topological polar surface area (TPSA) is 40.5 Å². The van der Waals surface area contributed by atoms with Crippen molar-refractivity contribution < 1.29 is 9.90 Å². The molecular weight excluding hydrogens is 318 g/mol. The highest BCUT2D eigenvalue weighted by atomic mass is 32.2. The molecule has 1 saturated heterocycles. The van der Waals surface area contributed by atoms with E-state index in [1.54, 1.807) is 0 Å². The molecule has 0 unspecified atom stereocenters. The smallest absolute Gasteiger partial charge is 0.229 e. The number of carbonyl (C=O) groups is 1. The van der Waals surface area contributed by atoms with Crippen LogP contribution in [0.5, 0.6) is 0 Å². The Morgan fingerprint density at radius 3 is 2.12 bits per heavy atom. The molecule has 126 valence electrons. The van der Waals surface area contributed by atoms with Crippen LogP contribution in [0.4, 0.5) is 0 Å². The monoisotopic (exact) mass is 341 g/mol. The van der Waals surface area contributed by atoms with Gasteiger partial charge in [0.05, 0.1) is 0 Å². The summed E-state index contributed by atoms with van der Waals surface area (Å²) in [5.41, 5.74) is -0.355. The highest BCUT2D eigenvalue weighted by Crippen LogP contribution is 2.35. The zero-order chi connectivity index (χ0) is 17.0. The second-order valence-electron chi connectivity index (χ2n) is 6.46. The van der Waals surface area contributed by atoms with Crippen LogP contribution in [0.3, 0.4) is 0 Å². The van der Waals surface area contributed by atoms with Gasteiger partial charge in [-0.25, -0.2) is 0 Å². The largest absolute Gasteiger partial charge is 0.372 e. The molecule has 0 radical (unpaired) electrons. The van der Waals surface area contributed by atoms with Crippen LogP contribution in [-0.4, -0.2) is 41.0 Å². The standard InChI is InChI=1S/C20H23NO2S/c1-21-13-12-16(14-21)15-24-19(22)20(23,17-8-4-2-5-9-17)18-10-6-3-7-11-18/h2-11,16,23H,12-15H2,1H3/t16-/m1/s1. The van der Waals surface area contributed by atoms with E-state index >= 15 is 0 Å².